The average Bonchev–Trinajstić information content (AvgIpc) is 3.04. The van der Waals surface area contributed by atoms with E-state index in [9.17, 15) is 5.11 Å². The molecule has 0 bridgehead atoms. The highest BCUT2D eigenvalue weighted by Gasteiger charge is 2.20. The second-order valence-electron chi connectivity index (χ2n) is 6.04. The minimum atomic E-state index is -0.506. The number of aliphatic hydroxyl groups excluding tert-OH is 1. The first-order chi connectivity index (χ1) is 9.45. The van der Waals surface area contributed by atoms with E-state index >= 15 is 0 Å². The molecule has 0 amide bonds. The SMILES string of the molecule is CC(C)(C)c1ccc(C(O)c2cc3ccccc3s2)s1. The van der Waals surface area contributed by atoms with Crippen LogP contribution in [0, 0.1) is 0 Å². The summed E-state index contributed by atoms with van der Waals surface area (Å²) in [6.45, 7) is 6.61. The molecule has 3 aromatic rings. The Labute approximate surface area is 127 Å². The fourth-order valence-electron chi connectivity index (χ4n) is 2.18. The number of fused-ring (bicyclic) bond motifs is 1. The monoisotopic (exact) mass is 302 g/mol. The molecular formula is C17H18OS2. The molecule has 3 rings (SSSR count). The zero-order valence-corrected chi connectivity index (χ0v) is 13.5. The van der Waals surface area contributed by atoms with Crippen LogP contribution in [-0.4, -0.2) is 5.11 Å². The van der Waals surface area contributed by atoms with Gasteiger partial charge in [-0.05, 0) is 35.1 Å². The van der Waals surface area contributed by atoms with Crippen molar-refractivity contribution in [3.05, 3.63) is 57.1 Å². The van der Waals surface area contributed by atoms with Gasteiger partial charge in [0.1, 0.15) is 6.10 Å². The Morgan fingerprint density at radius 3 is 2.35 bits per heavy atom. The largest absolute Gasteiger partial charge is 0.382 e. The Balaban J connectivity index is 1.95. The molecule has 0 saturated carbocycles. The summed E-state index contributed by atoms with van der Waals surface area (Å²) in [6, 6.07) is 14.6. The summed E-state index contributed by atoms with van der Waals surface area (Å²) in [5.41, 5.74) is 0.142. The van der Waals surface area contributed by atoms with Crippen molar-refractivity contribution >= 4 is 32.8 Å². The lowest BCUT2D eigenvalue weighted by Gasteiger charge is -2.15. The average molecular weight is 302 g/mol. The summed E-state index contributed by atoms with van der Waals surface area (Å²) in [4.78, 5) is 3.36. The van der Waals surface area contributed by atoms with Gasteiger partial charge in [-0.1, -0.05) is 39.0 Å². The quantitative estimate of drug-likeness (QED) is 0.677. The fourth-order valence-corrected chi connectivity index (χ4v) is 4.40. The minimum Gasteiger partial charge on any atom is -0.382 e. The molecule has 0 aliphatic rings. The van der Waals surface area contributed by atoms with Crippen molar-refractivity contribution in [1.29, 1.82) is 0 Å². The second kappa shape index (κ2) is 4.99. The highest BCUT2D eigenvalue weighted by Crippen LogP contribution is 2.38. The van der Waals surface area contributed by atoms with Crippen LogP contribution in [0.2, 0.25) is 0 Å². The smallest absolute Gasteiger partial charge is 0.122 e. The Hall–Kier alpha value is -1.16. The number of rotatable bonds is 2. The first-order valence-corrected chi connectivity index (χ1v) is 8.35. The van der Waals surface area contributed by atoms with E-state index < -0.39 is 6.10 Å². The van der Waals surface area contributed by atoms with E-state index in [2.05, 4.69) is 51.1 Å². The normalized spacial score (nSPS) is 13.8. The van der Waals surface area contributed by atoms with Crippen LogP contribution in [0.15, 0.2) is 42.5 Å². The van der Waals surface area contributed by atoms with Crippen molar-refractivity contribution in [3.63, 3.8) is 0 Å². The summed E-state index contributed by atoms with van der Waals surface area (Å²) in [5.74, 6) is 0. The van der Waals surface area contributed by atoms with E-state index in [-0.39, 0.29) is 5.41 Å². The predicted octanol–water partition coefficient (Wildman–Crippen LogP) is 5.34. The molecule has 0 radical (unpaired) electrons. The van der Waals surface area contributed by atoms with Crippen LogP contribution in [0.5, 0.6) is 0 Å². The van der Waals surface area contributed by atoms with Gasteiger partial charge in [0.2, 0.25) is 0 Å². The van der Waals surface area contributed by atoms with Crippen LogP contribution in [-0.2, 0) is 5.41 Å². The van der Waals surface area contributed by atoms with Crippen molar-refractivity contribution in [2.75, 3.05) is 0 Å². The summed E-state index contributed by atoms with van der Waals surface area (Å²) in [6.07, 6.45) is -0.506. The summed E-state index contributed by atoms with van der Waals surface area (Å²) in [7, 11) is 0. The number of hydrogen-bond acceptors (Lipinski definition) is 3. The molecule has 1 aromatic carbocycles. The lowest BCUT2D eigenvalue weighted by Crippen LogP contribution is -2.07. The first-order valence-electron chi connectivity index (χ1n) is 6.72. The van der Waals surface area contributed by atoms with Crippen molar-refractivity contribution < 1.29 is 5.11 Å². The molecule has 20 heavy (non-hydrogen) atoms. The maximum absolute atomic E-state index is 10.6. The second-order valence-corrected chi connectivity index (χ2v) is 8.27. The fraction of sp³-hybridized carbons (Fsp3) is 0.294. The van der Waals surface area contributed by atoms with Crippen LogP contribution in [0.4, 0.5) is 0 Å². The standard InChI is InChI=1S/C17H18OS2/c1-17(2,3)15-9-8-13(20-15)16(18)14-10-11-6-4-5-7-12(11)19-14/h4-10,16,18H,1-3H3. The third-order valence-corrected chi connectivity index (χ3v) is 6.08. The van der Waals surface area contributed by atoms with Crippen LogP contribution in [0.1, 0.15) is 41.5 Å². The van der Waals surface area contributed by atoms with E-state index in [4.69, 9.17) is 0 Å². The maximum Gasteiger partial charge on any atom is 0.122 e. The lowest BCUT2D eigenvalue weighted by atomic mass is 9.95. The Morgan fingerprint density at radius 1 is 0.950 bits per heavy atom. The van der Waals surface area contributed by atoms with Gasteiger partial charge in [-0.3, -0.25) is 0 Å². The van der Waals surface area contributed by atoms with Gasteiger partial charge in [0, 0.05) is 19.3 Å². The van der Waals surface area contributed by atoms with Crippen molar-refractivity contribution in [2.24, 2.45) is 0 Å². The topological polar surface area (TPSA) is 20.2 Å². The third-order valence-electron chi connectivity index (χ3n) is 3.35. The molecule has 0 saturated heterocycles. The van der Waals surface area contributed by atoms with Gasteiger partial charge >= 0.3 is 0 Å². The molecule has 1 atom stereocenters. The van der Waals surface area contributed by atoms with Gasteiger partial charge in [-0.2, -0.15) is 0 Å². The van der Waals surface area contributed by atoms with Gasteiger partial charge in [0.25, 0.3) is 0 Å². The summed E-state index contributed by atoms with van der Waals surface area (Å²) < 4.78 is 1.23. The van der Waals surface area contributed by atoms with Crippen LogP contribution >= 0.6 is 22.7 Å². The first kappa shape index (κ1) is 13.8. The van der Waals surface area contributed by atoms with Crippen LogP contribution in [0.3, 0.4) is 0 Å². The number of hydrogen-bond donors (Lipinski definition) is 1. The minimum absolute atomic E-state index is 0.142. The molecule has 0 aliphatic heterocycles. The van der Waals surface area contributed by atoms with Crippen molar-refractivity contribution in [2.45, 2.75) is 32.3 Å². The number of aliphatic hydroxyl groups is 1. The highest BCUT2D eigenvalue weighted by molar-refractivity contribution is 7.19. The molecule has 1 N–H and O–H groups in total. The molecule has 0 aliphatic carbocycles. The maximum atomic E-state index is 10.6. The lowest BCUT2D eigenvalue weighted by molar-refractivity contribution is 0.228. The van der Waals surface area contributed by atoms with Gasteiger partial charge in [-0.25, -0.2) is 0 Å². The predicted molar refractivity (Wildman–Crippen MR) is 88.9 cm³/mol. The molecule has 1 unspecified atom stereocenters. The van der Waals surface area contributed by atoms with E-state index in [1.165, 1.54) is 15.0 Å². The van der Waals surface area contributed by atoms with E-state index in [1.807, 2.05) is 12.1 Å². The molecule has 0 spiro atoms. The van der Waals surface area contributed by atoms with E-state index in [0.29, 0.717) is 0 Å². The number of benzene rings is 1. The molecule has 104 valence electrons. The van der Waals surface area contributed by atoms with Crippen molar-refractivity contribution in [3.8, 4) is 0 Å². The molecule has 3 heteroatoms. The van der Waals surface area contributed by atoms with Gasteiger partial charge in [-0.15, -0.1) is 22.7 Å². The van der Waals surface area contributed by atoms with E-state index in [1.54, 1.807) is 22.7 Å². The molecule has 1 nitrogen and oxygen atoms in total. The highest BCUT2D eigenvalue weighted by atomic mass is 32.1. The number of thiophene rings is 2. The van der Waals surface area contributed by atoms with Crippen LogP contribution < -0.4 is 0 Å². The van der Waals surface area contributed by atoms with Gasteiger partial charge < -0.3 is 5.11 Å². The third kappa shape index (κ3) is 2.53. The summed E-state index contributed by atoms with van der Waals surface area (Å²) in [5, 5.41) is 11.8. The Kier molecular flexibility index (Phi) is 3.44. The van der Waals surface area contributed by atoms with Gasteiger partial charge in [0.05, 0.1) is 0 Å². The zero-order valence-electron chi connectivity index (χ0n) is 11.9. The zero-order chi connectivity index (χ0) is 14.3. The molecule has 2 heterocycles. The Morgan fingerprint density at radius 2 is 1.70 bits per heavy atom. The molecule has 0 fully saturated rings. The van der Waals surface area contributed by atoms with Crippen LogP contribution in [0.25, 0.3) is 10.1 Å². The van der Waals surface area contributed by atoms with E-state index in [0.717, 1.165) is 9.75 Å². The van der Waals surface area contributed by atoms with Crippen molar-refractivity contribution in [1.82, 2.24) is 0 Å². The molecule has 2 aromatic heterocycles. The van der Waals surface area contributed by atoms with Gasteiger partial charge in [0.15, 0.2) is 0 Å². The summed E-state index contributed by atoms with van der Waals surface area (Å²) >= 11 is 3.38. The molecular weight excluding hydrogens is 284 g/mol. The Bertz CT molecular complexity index is 698.